The number of halogens is 1. The number of hydrogen-bond acceptors (Lipinski definition) is 3. The normalized spacial score (nSPS) is 16.2. The summed E-state index contributed by atoms with van der Waals surface area (Å²) >= 11 is 5.04. The highest BCUT2D eigenvalue weighted by atomic mass is 35.7. The predicted molar refractivity (Wildman–Crippen MR) is 33.2 cm³/mol. The molecule has 0 aromatic heterocycles. The van der Waals surface area contributed by atoms with Crippen LogP contribution in [0, 0.1) is 0 Å². The summed E-state index contributed by atoms with van der Waals surface area (Å²) in [6, 6.07) is -0.977. The van der Waals surface area contributed by atoms with Crippen molar-refractivity contribution in [2.24, 2.45) is 5.73 Å². The SMILES string of the molecule is COP(=O)(Cl)NC(N)=O. The summed E-state index contributed by atoms with van der Waals surface area (Å²) in [6.07, 6.45) is 0. The fourth-order valence-corrected chi connectivity index (χ4v) is 0.782. The van der Waals surface area contributed by atoms with E-state index in [9.17, 15) is 9.36 Å². The van der Waals surface area contributed by atoms with Crippen LogP contribution in [0.25, 0.3) is 0 Å². The van der Waals surface area contributed by atoms with Crippen molar-refractivity contribution in [3.05, 3.63) is 0 Å². The van der Waals surface area contributed by atoms with Gasteiger partial charge in [-0.1, -0.05) is 0 Å². The number of nitrogens with one attached hydrogen (secondary N) is 1. The Hall–Kier alpha value is -0.250. The third-order valence-corrected chi connectivity index (χ3v) is 2.10. The topological polar surface area (TPSA) is 81.4 Å². The lowest BCUT2D eigenvalue weighted by molar-refractivity contribution is 0.252. The molecule has 0 heterocycles. The van der Waals surface area contributed by atoms with Gasteiger partial charge in [0, 0.05) is 7.11 Å². The van der Waals surface area contributed by atoms with Crippen LogP contribution in [-0.2, 0) is 9.09 Å². The standard InChI is InChI=1S/C2H6ClN2O3P/c1-8-9(3,7)5-2(4)6/h1H3,(H3,4,5,6,7). The highest BCUT2D eigenvalue weighted by molar-refractivity contribution is 7.84. The molecule has 0 spiro atoms. The van der Waals surface area contributed by atoms with E-state index in [1.807, 2.05) is 0 Å². The molecule has 2 amide bonds. The molecule has 0 aromatic rings. The summed E-state index contributed by atoms with van der Waals surface area (Å²) in [5.74, 6) is 0. The van der Waals surface area contributed by atoms with Gasteiger partial charge in [0.15, 0.2) is 0 Å². The Morgan fingerprint density at radius 3 is 2.44 bits per heavy atom. The van der Waals surface area contributed by atoms with Gasteiger partial charge < -0.3 is 10.3 Å². The van der Waals surface area contributed by atoms with E-state index in [0.29, 0.717) is 0 Å². The molecule has 0 bridgehead atoms. The molecule has 0 aliphatic carbocycles. The minimum absolute atomic E-state index is 0.977. The molecule has 7 heteroatoms. The first-order valence-corrected chi connectivity index (χ1v) is 4.44. The van der Waals surface area contributed by atoms with E-state index in [1.165, 1.54) is 0 Å². The first kappa shape index (κ1) is 8.75. The molecule has 1 atom stereocenters. The average molecular weight is 173 g/mol. The van der Waals surface area contributed by atoms with Gasteiger partial charge in [-0.2, -0.15) is 0 Å². The second-order valence-electron chi connectivity index (χ2n) is 1.14. The predicted octanol–water partition coefficient (Wildman–Crippen LogP) is 0.648. The van der Waals surface area contributed by atoms with E-state index in [-0.39, 0.29) is 0 Å². The van der Waals surface area contributed by atoms with Gasteiger partial charge in [-0.15, -0.1) is 0 Å². The molecule has 1 unspecified atom stereocenters. The van der Waals surface area contributed by atoms with Gasteiger partial charge in [0.2, 0.25) is 0 Å². The third-order valence-electron chi connectivity index (χ3n) is 0.479. The Labute approximate surface area is 56.8 Å². The second-order valence-corrected chi connectivity index (χ2v) is 4.02. The lowest BCUT2D eigenvalue weighted by Crippen LogP contribution is -2.25. The van der Waals surface area contributed by atoms with Gasteiger partial charge in [0.25, 0.3) is 0 Å². The van der Waals surface area contributed by atoms with Crippen molar-refractivity contribution in [2.75, 3.05) is 7.11 Å². The van der Waals surface area contributed by atoms with Crippen LogP contribution in [0.4, 0.5) is 4.79 Å². The van der Waals surface area contributed by atoms with E-state index < -0.39 is 12.9 Å². The molecular weight excluding hydrogens is 166 g/mol. The quantitative estimate of drug-likeness (QED) is 0.600. The first-order chi connectivity index (χ1) is 3.98. The molecule has 0 aromatic carbocycles. The van der Waals surface area contributed by atoms with Gasteiger partial charge in [-0.05, 0) is 11.2 Å². The van der Waals surface area contributed by atoms with Crippen molar-refractivity contribution in [3.8, 4) is 0 Å². The minimum Gasteiger partial charge on any atom is -0.351 e. The van der Waals surface area contributed by atoms with E-state index >= 15 is 0 Å². The number of hydrogen-bond donors (Lipinski definition) is 2. The summed E-state index contributed by atoms with van der Waals surface area (Å²) in [5.41, 5.74) is 4.57. The molecule has 0 fully saturated rings. The molecule has 0 rings (SSSR count). The Morgan fingerprint density at radius 1 is 1.89 bits per heavy atom. The summed E-state index contributed by atoms with van der Waals surface area (Å²) in [5, 5.41) is 1.71. The molecule has 0 aliphatic rings. The van der Waals surface area contributed by atoms with Crippen LogP contribution in [0.3, 0.4) is 0 Å². The van der Waals surface area contributed by atoms with Crippen LogP contribution in [0.1, 0.15) is 0 Å². The minimum atomic E-state index is -3.48. The van der Waals surface area contributed by atoms with Gasteiger partial charge >= 0.3 is 12.9 Å². The van der Waals surface area contributed by atoms with Crippen molar-refractivity contribution in [3.63, 3.8) is 0 Å². The monoisotopic (exact) mass is 172 g/mol. The van der Waals surface area contributed by atoms with E-state index in [0.717, 1.165) is 7.11 Å². The highest BCUT2D eigenvalue weighted by Crippen LogP contribution is 2.46. The van der Waals surface area contributed by atoms with Gasteiger partial charge in [0.05, 0.1) is 0 Å². The third kappa shape index (κ3) is 4.27. The second kappa shape index (κ2) is 3.06. The number of nitrogens with two attached hydrogens (primary N) is 1. The fourth-order valence-electron chi connectivity index (χ4n) is 0.177. The molecule has 9 heavy (non-hydrogen) atoms. The van der Waals surface area contributed by atoms with Crippen LogP contribution in [-0.4, -0.2) is 13.1 Å². The van der Waals surface area contributed by atoms with Crippen LogP contribution in [0.2, 0.25) is 0 Å². The van der Waals surface area contributed by atoms with Crippen molar-refractivity contribution in [1.82, 2.24) is 5.09 Å². The molecule has 0 saturated heterocycles. The number of primary amides is 1. The zero-order chi connectivity index (χ0) is 7.49. The van der Waals surface area contributed by atoms with Gasteiger partial charge in [-0.25, -0.2) is 9.36 Å². The van der Waals surface area contributed by atoms with Gasteiger partial charge in [-0.3, -0.25) is 5.09 Å². The van der Waals surface area contributed by atoms with E-state index in [4.69, 9.17) is 11.2 Å². The lowest BCUT2D eigenvalue weighted by atomic mass is 11.2. The van der Waals surface area contributed by atoms with Crippen molar-refractivity contribution >= 4 is 24.1 Å². The van der Waals surface area contributed by atoms with Crippen molar-refractivity contribution in [2.45, 2.75) is 0 Å². The summed E-state index contributed by atoms with van der Waals surface area (Å²) < 4.78 is 14.7. The Bertz CT molecular complexity index is 160. The van der Waals surface area contributed by atoms with E-state index in [2.05, 4.69) is 10.3 Å². The van der Waals surface area contributed by atoms with Crippen molar-refractivity contribution in [1.29, 1.82) is 0 Å². The number of rotatable bonds is 2. The smallest absolute Gasteiger partial charge is 0.351 e. The molecule has 0 radical (unpaired) electrons. The summed E-state index contributed by atoms with van der Waals surface area (Å²) in [7, 11) is 1.10. The lowest BCUT2D eigenvalue weighted by Gasteiger charge is -2.05. The van der Waals surface area contributed by atoms with E-state index in [1.54, 1.807) is 5.09 Å². The number of carbonyl (C=O) groups is 1. The molecule has 3 N–H and O–H groups in total. The van der Waals surface area contributed by atoms with Crippen LogP contribution in [0.15, 0.2) is 0 Å². The number of amides is 2. The van der Waals surface area contributed by atoms with Crippen LogP contribution >= 0.6 is 18.1 Å². The maximum Gasteiger partial charge on any atom is 0.388 e. The zero-order valence-corrected chi connectivity index (χ0v) is 6.28. The van der Waals surface area contributed by atoms with Gasteiger partial charge in [0.1, 0.15) is 0 Å². The first-order valence-electron chi connectivity index (χ1n) is 1.91. The fraction of sp³-hybridized carbons (Fsp3) is 0.500. The molecule has 0 aliphatic heterocycles. The zero-order valence-electron chi connectivity index (χ0n) is 4.63. The summed E-state index contributed by atoms with van der Waals surface area (Å²) in [4.78, 5) is 9.95. The Balaban J connectivity index is 3.88. The highest BCUT2D eigenvalue weighted by Gasteiger charge is 2.17. The molecule has 54 valence electrons. The van der Waals surface area contributed by atoms with Crippen LogP contribution < -0.4 is 10.8 Å². The maximum absolute atomic E-state index is 10.5. The number of urea groups is 1. The summed E-state index contributed by atoms with van der Waals surface area (Å²) in [6.45, 7) is -3.48. The number of carbonyl (C=O) groups excluding carboxylic acids is 1. The van der Waals surface area contributed by atoms with Crippen LogP contribution in [0.5, 0.6) is 0 Å². The molecule has 0 saturated carbocycles. The molecule has 5 nitrogen and oxygen atoms in total. The van der Waals surface area contributed by atoms with Crippen molar-refractivity contribution < 1.29 is 13.9 Å². The maximum atomic E-state index is 10.5. The Morgan fingerprint density at radius 2 is 2.33 bits per heavy atom. The largest absolute Gasteiger partial charge is 0.388 e. The average Bonchev–Trinajstić information content (AvgIpc) is 1.63. The molecular formula is C2H6ClN2O3P. The Kier molecular flexibility index (Phi) is 2.97.